The number of methoxy groups -OCH3 is 1. The summed E-state index contributed by atoms with van der Waals surface area (Å²) in [5, 5.41) is 10.7. The molecule has 1 unspecified atom stereocenters. The summed E-state index contributed by atoms with van der Waals surface area (Å²) >= 11 is 7.39. The molecule has 6 nitrogen and oxygen atoms in total. The quantitative estimate of drug-likeness (QED) is 0.560. The van der Waals surface area contributed by atoms with Crippen LogP contribution in [0.15, 0.2) is 41.6 Å². The lowest BCUT2D eigenvalue weighted by Crippen LogP contribution is -2.23. The van der Waals surface area contributed by atoms with Gasteiger partial charge in [-0.15, -0.1) is 5.10 Å². The lowest BCUT2D eigenvalue weighted by atomic mass is 10.1. The maximum Gasteiger partial charge on any atom is 0.237 e. The molecular formula is C20H21ClN4O2S. The molecule has 146 valence electrons. The van der Waals surface area contributed by atoms with Crippen LogP contribution in [0.5, 0.6) is 5.75 Å². The summed E-state index contributed by atoms with van der Waals surface area (Å²) < 4.78 is 5.31. The van der Waals surface area contributed by atoms with Crippen LogP contribution < -0.4 is 10.1 Å². The van der Waals surface area contributed by atoms with Crippen LogP contribution >= 0.6 is 23.4 Å². The molecule has 3 rings (SSSR count). The molecule has 8 heteroatoms. The predicted octanol–water partition coefficient (Wildman–Crippen LogP) is 4.87. The summed E-state index contributed by atoms with van der Waals surface area (Å²) in [6, 6.07) is 11.5. The van der Waals surface area contributed by atoms with Crippen LogP contribution in [0.3, 0.4) is 0 Å². The first-order valence-corrected chi connectivity index (χ1v) is 9.94. The number of carbonyl (C=O) groups excluding carboxylic acids is 1. The number of anilines is 1. The molecule has 0 aliphatic carbocycles. The van der Waals surface area contributed by atoms with Gasteiger partial charge in [-0.1, -0.05) is 53.2 Å². The van der Waals surface area contributed by atoms with Crippen LogP contribution in [0.1, 0.15) is 18.1 Å². The van der Waals surface area contributed by atoms with E-state index in [2.05, 4.69) is 20.5 Å². The van der Waals surface area contributed by atoms with Gasteiger partial charge in [-0.2, -0.15) is 0 Å². The minimum absolute atomic E-state index is 0.174. The second-order valence-electron chi connectivity index (χ2n) is 6.38. The molecule has 2 aromatic carbocycles. The van der Waals surface area contributed by atoms with Crippen molar-refractivity contribution < 1.29 is 9.53 Å². The normalized spacial score (nSPS) is 11.9. The number of aromatic amines is 1. The number of nitrogens with one attached hydrogen (secondary N) is 2. The largest absolute Gasteiger partial charge is 0.495 e. The number of ether oxygens (including phenoxy) is 1. The van der Waals surface area contributed by atoms with Crippen molar-refractivity contribution in [3.8, 4) is 17.1 Å². The van der Waals surface area contributed by atoms with Crippen molar-refractivity contribution in [1.29, 1.82) is 0 Å². The highest BCUT2D eigenvalue weighted by atomic mass is 35.5. The van der Waals surface area contributed by atoms with E-state index >= 15 is 0 Å². The molecule has 0 aliphatic heterocycles. The Bertz CT molecular complexity index is 988. The first-order valence-electron chi connectivity index (χ1n) is 8.68. The number of amides is 1. The minimum atomic E-state index is -0.401. The summed E-state index contributed by atoms with van der Waals surface area (Å²) in [4.78, 5) is 17.1. The highest BCUT2D eigenvalue weighted by Crippen LogP contribution is 2.32. The third-order valence-corrected chi connectivity index (χ3v) is 5.55. The second kappa shape index (κ2) is 8.67. The maximum absolute atomic E-state index is 12.6. The van der Waals surface area contributed by atoms with Gasteiger partial charge in [-0.05, 0) is 32.4 Å². The zero-order valence-electron chi connectivity index (χ0n) is 16.0. The number of H-pyrrole nitrogens is 1. The van der Waals surface area contributed by atoms with Gasteiger partial charge in [-0.25, -0.2) is 4.98 Å². The van der Waals surface area contributed by atoms with Gasteiger partial charge in [0.1, 0.15) is 5.75 Å². The molecule has 0 aliphatic rings. The number of nitrogens with zero attached hydrogens (tertiary/aromatic N) is 2. The second-order valence-corrected chi connectivity index (χ2v) is 8.10. The van der Waals surface area contributed by atoms with Crippen molar-refractivity contribution in [2.24, 2.45) is 0 Å². The third kappa shape index (κ3) is 4.66. The molecule has 0 spiro atoms. The van der Waals surface area contributed by atoms with Crippen LogP contribution in [0.4, 0.5) is 5.69 Å². The van der Waals surface area contributed by atoms with Gasteiger partial charge in [0.15, 0.2) is 5.82 Å². The van der Waals surface area contributed by atoms with Crippen molar-refractivity contribution in [3.63, 3.8) is 0 Å². The Morgan fingerprint density at radius 1 is 1.25 bits per heavy atom. The fraction of sp³-hybridized carbons (Fsp3) is 0.250. The SMILES string of the molecule is COc1cc(Cl)c(C)cc1NC(=O)C(C)Sc1n[nH]c(-c2ccc(C)cc2)n1. The van der Waals surface area contributed by atoms with Crippen molar-refractivity contribution in [2.45, 2.75) is 31.2 Å². The molecule has 2 N–H and O–H groups in total. The molecule has 0 fully saturated rings. The van der Waals surface area contributed by atoms with E-state index in [4.69, 9.17) is 16.3 Å². The summed E-state index contributed by atoms with van der Waals surface area (Å²) in [5.41, 5.74) is 3.56. The van der Waals surface area contributed by atoms with Gasteiger partial charge < -0.3 is 10.1 Å². The zero-order chi connectivity index (χ0) is 20.3. The number of hydrogen-bond donors (Lipinski definition) is 2. The summed E-state index contributed by atoms with van der Waals surface area (Å²) in [6.45, 7) is 5.70. The number of aromatic nitrogens is 3. The molecule has 0 saturated heterocycles. The van der Waals surface area contributed by atoms with E-state index in [1.54, 1.807) is 19.1 Å². The highest BCUT2D eigenvalue weighted by molar-refractivity contribution is 8.00. The van der Waals surface area contributed by atoms with Gasteiger partial charge in [0.2, 0.25) is 11.1 Å². The molecule has 1 aromatic heterocycles. The van der Waals surface area contributed by atoms with Crippen LogP contribution in [0, 0.1) is 13.8 Å². The van der Waals surface area contributed by atoms with Crippen molar-refractivity contribution >= 4 is 35.0 Å². The van der Waals surface area contributed by atoms with Crippen molar-refractivity contribution in [3.05, 3.63) is 52.5 Å². The van der Waals surface area contributed by atoms with Crippen LogP contribution in [0.25, 0.3) is 11.4 Å². The molecule has 0 bridgehead atoms. The summed E-state index contributed by atoms with van der Waals surface area (Å²) in [7, 11) is 1.54. The number of aryl methyl sites for hydroxylation is 2. The standard InChI is InChI=1S/C20H21ClN4O2S/c1-11-5-7-14(8-6-11)18-23-20(25-24-18)28-13(3)19(26)22-16-9-12(2)15(21)10-17(16)27-4/h5-10,13H,1-4H3,(H,22,26)(H,23,24,25). The molecule has 1 amide bonds. The Kier molecular flexibility index (Phi) is 6.26. The first kappa shape index (κ1) is 20.2. The van der Waals surface area contributed by atoms with Crippen LogP contribution in [0.2, 0.25) is 5.02 Å². The topological polar surface area (TPSA) is 79.9 Å². The van der Waals surface area contributed by atoms with Gasteiger partial charge in [-0.3, -0.25) is 9.89 Å². The Labute approximate surface area is 173 Å². The number of thioether (sulfide) groups is 1. The van der Waals surface area contributed by atoms with Gasteiger partial charge in [0.05, 0.1) is 18.0 Å². The fourth-order valence-electron chi connectivity index (χ4n) is 2.52. The zero-order valence-corrected chi connectivity index (χ0v) is 17.6. The Morgan fingerprint density at radius 3 is 2.64 bits per heavy atom. The Hall–Kier alpha value is -2.51. The van der Waals surface area contributed by atoms with Gasteiger partial charge in [0, 0.05) is 16.7 Å². The van der Waals surface area contributed by atoms with Crippen molar-refractivity contribution in [2.75, 3.05) is 12.4 Å². The van der Waals surface area contributed by atoms with E-state index in [1.807, 2.05) is 38.1 Å². The van der Waals surface area contributed by atoms with E-state index in [0.717, 1.165) is 11.1 Å². The van der Waals surface area contributed by atoms with Crippen molar-refractivity contribution in [1.82, 2.24) is 15.2 Å². The Morgan fingerprint density at radius 2 is 1.96 bits per heavy atom. The van der Waals surface area contributed by atoms with Crippen LogP contribution in [-0.4, -0.2) is 33.4 Å². The predicted molar refractivity (Wildman–Crippen MR) is 113 cm³/mol. The van der Waals surface area contributed by atoms with E-state index < -0.39 is 5.25 Å². The highest BCUT2D eigenvalue weighted by Gasteiger charge is 2.19. The minimum Gasteiger partial charge on any atom is -0.495 e. The lowest BCUT2D eigenvalue weighted by Gasteiger charge is -2.14. The molecular weight excluding hydrogens is 396 g/mol. The fourth-order valence-corrected chi connectivity index (χ4v) is 3.39. The number of hydrogen-bond acceptors (Lipinski definition) is 5. The number of rotatable bonds is 6. The van der Waals surface area contributed by atoms with E-state index in [1.165, 1.54) is 24.4 Å². The van der Waals surface area contributed by atoms with Gasteiger partial charge >= 0.3 is 0 Å². The summed E-state index contributed by atoms with van der Waals surface area (Å²) in [5.74, 6) is 1.01. The third-order valence-electron chi connectivity index (χ3n) is 4.18. The molecule has 3 aromatic rings. The van der Waals surface area contributed by atoms with E-state index in [-0.39, 0.29) is 5.91 Å². The molecule has 0 saturated carbocycles. The number of benzene rings is 2. The monoisotopic (exact) mass is 416 g/mol. The van der Waals surface area contributed by atoms with E-state index in [9.17, 15) is 4.79 Å². The average molecular weight is 417 g/mol. The van der Waals surface area contributed by atoms with Crippen LogP contribution in [-0.2, 0) is 4.79 Å². The number of carbonyl (C=O) groups is 1. The van der Waals surface area contributed by atoms with E-state index in [0.29, 0.717) is 27.4 Å². The average Bonchev–Trinajstić information content (AvgIpc) is 3.13. The molecule has 1 heterocycles. The number of halogens is 1. The Balaban J connectivity index is 1.68. The molecule has 0 radical (unpaired) electrons. The smallest absolute Gasteiger partial charge is 0.237 e. The first-order chi connectivity index (χ1) is 13.4. The van der Waals surface area contributed by atoms with Gasteiger partial charge in [0.25, 0.3) is 0 Å². The lowest BCUT2D eigenvalue weighted by molar-refractivity contribution is -0.115. The maximum atomic E-state index is 12.6. The summed E-state index contributed by atoms with van der Waals surface area (Å²) in [6.07, 6.45) is 0. The molecule has 28 heavy (non-hydrogen) atoms. The molecule has 1 atom stereocenters.